The van der Waals surface area contributed by atoms with Crippen LogP contribution in [0, 0.1) is 16.0 Å². The van der Waals surface area contributed by atoms with Gasteiger partial charge in [-0.25, -0.2) is 4.79 Å². The summed E-state index contributed by atoms with van der Waals surface area (Å²) in [7, 11) is 0. The molecule has 0 aliphatic carbocycles. The Balaban J connectivity index is 1.84. The third-order valence-corrected chi connectivity index (χ3v) is 3.97. The minimum Gasteiger partial charge on any atom is -0.444 e. The lowest BCUT2D eigenvalue weighted by Crippen LogP contribution is -2.40. The van der Waals surface area contributed by atoms with Crippen LogP contribution in [0.2, 0.25) is 0 Å². The smallest absolute Gasteiger partial charge is 0.407 e. The topological polar surface area (TPSA) is 84.7 Å². The number of nitro benzene ring substituents is 1. The number of nitro groups is 1. The fourth-order valence-electron chi connectivity index (χ4n) is 2.81. The Bertz CT molecular complexity index is 590. The lowest BCUT2D eigenvalue weighted by molar-refractivity contribution is -0.384. The summed E-state index contributed by atoms with van der Waals surface area (Å²) in [4.78, 5) is 24.5. The Morgan fingerprint density at radius 1 is 1.33 bits per heavy atom. The second kappa shape index (κ2) is 7.51. The van der Waals surface area contributed by atoms with Crippen molar-refractivity contribution in [2.24, 2.45) is 5.92 Å². The first kappa shape index (κ1) is 18.0. The molecular formula is C17H25N3O4. The second-order valence-corrected chi connectivity index (χ2v) is 7.06. The molecule has 1 N–H and O–H groups in total. The highest BCUT2D eigenvalue weighted by Crippen LogP contribution is 2.30. The van der Waals surface area contributed by atoms with Gasteiger partial charge in [0.15, 0.2) is 0 Å². The van der Waals surface area contributed by atoms with E-state index in [0.29, 0.717) is 18.2 Å². The van der Waals surface area contributed by atoms with Crippen molar-refractivity contribution in [2.45, 2.75) is 39.2 Å². The molecule has 7 heteroatoms. The Hall–Kier alpha value is -2.31. The third kappa shape index (κ3) is 5.11. The maximum Gasteiger partial charge on any atom is 0.407 e. The van der Waals surface area contributed by atoms with E-state index in [4.69, 9.17) is 4.74 Å². The Kier molecular flexibility index (Phi) is 5.64. The van der Waals surface area contributed by atoms with E-state index in [0.717, 1.165) is 25.9 Å². The van der Waals surface area contributed by atoms with Gasteiger partial charge in [0.25, 0.3) is 5.69 Å². The normalized spacial score (nSPS) is 15.9. The average Bonchev–Trinajstić information content (AvgIpc) is 2.52. The van der Waals surface area contributed by atoms with Gasteiger partial charge in [0.2, 0.25) is 0 Å². The zero-order valence-corrected chi connectivity index (χ0v) is 14.4. The van der Waals surface area contributed by atoms with Crippen molar-refractivity contribution < 1.29 is 14.5 Å². The number of rotatable bonds is 4. The van der Waals surface area contributed by atoms with Crippen LogP contribution >= 0.6 is 0 Å². The van der Waals surface area contributed by atoms with Crippen molar-refractivity contribution in [1.82, 2.24) is 5.32 Å². The van der Waals surface area contributed by atoms with Crippen LogP contribution in [-0.2, 0) is 4.74 Å². The van der Waals surface area contributed by atoms with Gasteiger partial charge in [-0.1, -0.05) is 12.1 Å². The van der Waals surface area contributed by atoms with E-state index in [-0.39, 0.29) is 10.6 Å². The molecule has 24 heavy (non-hydrogen) atoms. The highest BCUT2D eigenvalue weighted by molar-refractivity contribution is 5.67. The molecule has 0 radical (unpaired) electrons. The van der Waals surface area contributed by atoms with Crippen LogP contribution in [0.1, 0.15) is 33.6 Å². The molecule has 1 aromatic carbocycles. The standard InChI is InChI=1S/C17H25N3O4/c1-17(2,3)24-16(21)18-12-13-8-10-19(11-9-13)14-6-4-5-7-15(14)20(22)23/h4-7,13H,8-12H2,1-3H3,(H,18,21). The number of amides is 1. The highest BCUT2D eigenvalue weighted by atomic mass is 16.6. The minimum absolute atomic E-state index is 0.142. The number of alkyl carbamates (subject to hydrolysis) is 1. The van der Waals surface area contributed by atoms with Gasteiger partial charge in [-0.2, -0.15) is 0 Å². The highest BCUT2D eigenvalue weighted by Gasteiger charge is 2.25. The average molecular weight is 335 g/mol. The molecule has 2 rings (SSSR count). The van der Waals surface area contributed by atoms with Gasteiger partial charge in [-0.15, -0.1) is 0 Å². The summed E-state index contributed by atoms with van der Waals surface area (Å²) in [5.74, 6) is 0.358. The molecule has 1 saturated heterocycles. The third-order valence-electron chi connectivity index (χ3n) is 3.97. The van der Waals surface area contributed by atoms with E-state index >= 15 is 0 Å². The summed E-state index contributed by atoms with van der Waals surface area (Å²) < 4.78 is 5.23. The molecule has 1 aromatic rings. The van der Waals surface area contributed by atoms with Crippen LogP contribution in [0.15, 0.2) is 24.3 Å². The fraction of sp³-hybridized carbons (Fsp3) is 0.588. The van der Waals surface area contributed by atoms with Crippen LogP contribution in [-0.4, -0.2) is 36.3 Å². The number of anilines is 1. The number of benzene rings is 1. The predicted molar refractivity (Wildman–Crippen MR) is 92.3 cm³/mol. The molecule has 0 saturated carbocycles. The van der Waals surface area contributed by atoms with Crippen molar-refractivity contribution in [2.75, 3.05) is 24.5 Å². The van der Waals surface area contributed by atoms with Crippen LogP contribution in [0.5, 0.6) is 0 Å². The largest absolute Gasteiger partial charge is 0.444 e. The SMILES string of the molecule is CC(C)(C)OC(=O)NCC1CCN(c2ccccc2[N+](=O)[O-])CC1. The number of carbonyl (C=O) groups excluding carboxylic acids is 1. The molecule has 0 aromatic heterocycles. The first-order valence-electron chi connectivity index (χ1n) is 8.21. The number of para-hydroxylation sites is 2. The van der Waals surface area contributed by atoms with E-state index in [1.54, 1.807) is 12.1 Å². The molecule has 1 amide bonds. The zero-order valence-electron chi connectivity index (χ0n) is 14.4. The molecule has 1 aliphatic heterocycles. The van der Waals surface area contributed by atoms with E-state index in [2.05, 4.69) is 5.32 Å². The minimum atomic E-state index is -0.500. The molecule has 0 atom stereocenters. The van der Waals surface area contributed by atoms with Gasteiger partial charge in [0.05, 0.1) is 4.92 Å². The maximum absolute atomic E-state index is 11.7. The molecule has 0 bridgehead atoms. The van der Waals surface area contributed by atoms with Crippen molar-refractivity contribution in [3.8, 4) is 0 Å². The van der Waals surface area contributed by atoms with E-state index in [1.807, 2.05) is 31.7 Å². The molecule has 7 nitrogen and oxygen atoms in total. The molecule has 0 unspecified atom stereocenters. The van der Waals surface area contributed by atoms with Gasteiger partial charge < -0.3 is 15.0 Å². The first-order chi connectivity index (χ1) is 11.3. The Labute approximate surface area is 142 Å². The zero-order chi connectivity index (χ0) is 17.7. The molecule has 1 fully saturated rings. The molecule has 1 heterocycles. The van der Waals surface area contributed by atoms with Gasteiger partial charge >= 0.3 is 6.09 Å². The Morgan fingerprint density at radius 2 is 1.96 bits per heavy atom. The molecular weight excluding hydrogens is 310 g/mol. The second-order valence-electron chi connectivity index (χ2n) is 7.06. The van der Waals surface area contributed by atoms with Gasteiger partial charge in [-0.05, 0) is 45.6 Å². The van der Waals surface area contributed by atoms with Crippen LogP contribution in [0.4, 0.5) is 16.2 Å². The summed E-state index contributed by atoms with van der Waals surface area (Å²) in [6, 6.07) is 6.82. The van der Waals surface area contributed by atoms with Crippen molar-refractivity contribution >= 4 is 17.5 Å². The number of piperidine rings is 1. The number of hydrogen-bond acceptors (Lipinski definition) is 5. The number of carbonyl (C=O) groups is 1. The predicted octanol–water partition coefficient (Wildman–Crippen LogP) is 3.34. The lowest BCUT2D eigenvalue weighted by atomic mass is 9.96. The number of ether oxygens (including phenoxy) is 1. The van der Waals surface area contributed by atoms with Gasteiger partial charge in [0, 0.05) is 25.7 Å². The summed E-state index contributed by atoms with van der Waals surface area (Å²) in [5.41, 5.74) is 0.309. The quantitative estimate of drug-likeness (QED) is 0.674. The van der Waals surface area contributed by atoms with Gasteiger partial charge in [0.1, 0.15) is 11.3 Å². The van der Waals surface area contributed by atoms with Crippen molar-refractivity contribution in [3.05, 3.63) is 34.4 Å². The van der Waals surface area contributed by atoms with Gasteiger partial charge in [-0.3, -0.25) is 10.1 Å². The maximum atomic E-state index is 11.7. The monoisotopic (exact) mass is 335 g/mol. The molecule has 0 spiro atoms. The van der Waals surface area contributed by atoms with Crippen molar-refractivity contribution in [3.63, 3.8) is 0 Å². The summed E-state index contributed by atoms with van der Waals surface area (Å²) >= 11 is 0. The fourth-order valence-corrected chi connectivity index (χ4v) is 2.81. The van der Waals surface area contributed by atoms with E-state index in [9.17, 15) is 14.9 Å². The molecule has 1 aliphatic rings. The van der Waals surface area contributed by atoms with Crippen molar-refractivity contribution in [1.29, 1.82) is 0 Å². The van der Waals surface area contributed by atoms with Crippen LogP contribution in [0.25, 0.3) is 0 Å². The summed E-state index contributed by atoms with van der Waals surface area (Å²) in [6.45, 7) is 7.55. The number of nitrogens with one attached hydrogen (secondary N) is 1. The number of hydrogen-bond donors (Lipinski definition) is 1. The number of nitrogens with zero attached hydrogens (tertiary/aromatic N) is 2. The van der Waals surface area contributed by atoms with Crippen LogP contribution in [0.3, 0.4) is 0 Å². The summed E-state index contributed by atoms with van der Waals surface area (Å²) in [6.07, 6.45) is 1.35. The summed E-state index contributed by atoms with van der Waals surface area (Å²) in [5, 5.41) is 13.9. The lowest BCUT2D eigenvalue weighted by Gasteiger charge is -2.33. The Morgan fingerprint density at radius 3 is 2.54 bits per heavy atom. The first-order valence-corrected chi connectivity index (χ1v) is 8.21. The molecule has 132 valence electrons. The van der Waals surface area contributed by atoms with Crippen LogP contribution < -0.4 is 10.2 Å². The van der Waals surface area contributed by atoms with E-state index in [1.165, 1.54) is 6.07 Å². The van der Waals surface area contributed by atoms with E-state index < -0.39 is 11.7 Å².